The Morgan fingerprint density at radius 3 is 2.60 bits per heavy atom. The van der Waals surface area contributed by atoms with Crippen molar-refractivity contribution in [3.8, 4) is 5.75 Å². The fourth-order valence-corrected chi connectivity index (χ4v) is 1.57. The number of alkyl halides is 1. The highest BCUT2D eigenvalue weighted by Crippen LogP contribution is 2.26. The number of benzene rings is 1. The number of hydrogen-bond acceptors (Lipinski definition) is 1. The maximum Gasteiger partial charge on any atom is 0.137 e. The molecule has 0 fully saturated rings. The molecule has 0 unspecified atom stereocenters. The second-order valence-corrected chi connectivity index (χ2v) is 4.60. The Labute approximate surface area is 101 Å². The van der Waals surface area contributed by atoms with E-state index >= 15 is 0 Å². The van der Waals surface area contributed by atoms with Crippen LogP contribution in [0, 0.1) is 5.92 Å². The quantitative estimate of drug-likeness (QED) is 0.696. The average molecular weight is 247 g/mol. The first-order valence-electron chi connectivity index (χ1n) is 5.10. The van der Waals surface area contributed by atoms with Crippen LogP contribution >= 0.6 is 23.2 Å². The van der Waals surface area contributed by atoms with E-state index < -0.39 is 0 Å². The molecule has 0 aromatic heterocycles. The van der Waals surface area contributed by atoms with Crippen LogP contribution in [0.15, 0.2) is 18.2 Å². The van der Waals surface area contributed by atoms with E-state index in [-0.39, 0.29) is 0 Å². The van der Waals surface area contributed by atoms with Crippen molar-refractivity contribution in [3.63, 3.8) is 0 Å². The zero-order valence-corrected chi connectivity index (χ0v) is 10.6. The molecule has 1 nitrogen and oxygen atoms in total. The highest BCUT2D eigenvalue weighted by atomic mass is 35.5. The van der Waals surface area contributed by atoms with Crippen LogP contribution in [-0.2, 0) is 5.88 Å². The Balaban J connectivity index is 2.54. The fourth-order valence-electron chi connectivity index (χ4n) is 1.15. The molecular formula is C12H16Cl2O. The third kappa shape index (κ3) is 4.31. The van der Waals surface area contributed by atoms with E-state index in [0.29, 0.717) is 23.4 Å². The van der Waals surface area contributed by atoms with Crippen molar-refractivity contribution in [2.75, 3.05) is 6.61 Å². The van der Waals surface area contributed by atoms with Crippen LogP contribution < -0.4 is 4.74 Å². The van der Waals surface area contributed by atoms with Crippen LogP contribution in [-0.4, -0.2) is 6.61 Å². The lowest BCUT2D eigenvalue weighted by molar-refractivity contribution is 0.289. The molecular weight excluding hydrogens is 231 g/mol. The summed E-state index contributed by atoms with van der Waals surface area (Å²) < 4.78 is 5.57. The Bertz CT molecular complexity index is 310. The van der Waals surface area contributed by atoms with Crippen molar-refractivity contribution in [3.05, 3.63) is 28.8 Å². The standard InChI is InChI=1S/C12H16Cl2O/c1-9(2)5-6-15-12-4-3-10(8-13)7-11(12)14/h3-4,7,9H,5-6,8H2,1-2H3. The maximum absolute atomic E-state index is 6.04. The highest BCUT2D eigenvalue weighted by molar-refractivity contribution is 6.32. The van der Waals surface area contributed by atoms with Crippen LogP contribution in [0.1, 0.15) is 25.8 Å². The van der Waals surface area contributed by atoms with Crippen molar-refractivity contribution in [2.45, 2.75) is 26.1 Å². The van der Waals surface area contributed by atoms with Gasteiger partial charge < -0.3 is 4.74 Å². The van der Waals surface area contributed by atoms with Crippen LogP contribution in [0.4, 0.5) is 0 Å². The van der Waals surface area contributed by atoms with Gasteiger partial charge in [0.15, 0.2) is 0 Å². The second kappa shape index (κ2) is 6.24. The van der Waals surface area contributed by atoms with Gasteiger partial charge in [0, 0.05) is 5.88 Å². The summed E-state index contributed by atoms with van der Waals surface area (Å²) in [7, 11) is 0. The highest BCUT2D eigenvalue weighted by Gasteiger charge is 2.03. The van der Waals surface area contributed by atoms with Gasteiger partial charge in [-0.1, -0.05) is 31.5 Å². The van der Waals surface area contributed by atoms with Crippen molar-refractivity contribution < 1.29 is 4.74 Å². The second-order valence-electron chi connectivity index (χ2n) is 3.93. The van der Waals surface area contributed by atoms with Gasteiger partial charge in [0.25, 0.3) is 0 Å². The largest absolute Gasteiger partial charge is 0.492 e. The van der Waals surface area contributed by atoms with Gasteiger partial charge in [0.2, 0.25) is 0 Å². The summed E-state index contributed by atoms with van der Waals surface area (Å²) in [6.07, 6.45) is 1.04. The molecule has 0 amide bonds. The molecule has 1 aromatic carbocycles. The molecule has 0 saturated carbocycles. The van der Waals surface area contributed by atoms with Gasteiger partial charge in [-0.15, -0.1) is 11.6 Å². The fraction of sp³-hybridized carbons (Fsp3) is 0.500. The van der Waals surface area contributed by atoms with Gasteiger partial charge in [-0.2, -0.15) is 0 Å². The number of hydrogen-bond donors (Lipinski definition) is 0. The summed E-state index contributed by atoms with van der Waals surface area (Å²) in [5.41, 5.74) is 1.01. The van der Waals surface area contributed by atoms with Crippen LogP contribution in [0.2, 0.25) is 5.02 Å². The van der Waals surface area contributed by atoms with Crippen LogP contribution in [0.3, 0.4) is 0 Å². The lowest BCUT2D eigenvalue weighted by Crippen LogP contribution is -2.01. The third-order valence-corrected chi connectivity index (χ3v) is 2.71. The number of halogens is 2. The molecule has 0 aliphatic rings. The summed E-state index contributed by atoms with van der Waals surface area (Å²) in [6, 6.07) is 5.66. The van der Waals surface area contributed by atoms with Gasteiger partial charge in [-0.05, 0) is 30.0 Å². The predicted octanol–water partition coefficient (Wildman–Crippen LogP) is 4.50. The molecule has 0 spiro atoms. The van der Waals surface area contributed by atoms with E-state index in [2.05, 4.69) is 13.8 Å². The smallest absolute Gasteiger partial charge is 0.137 e. The lowest BCUT2D eigenvalue weighted by atomic mass is 10.1. The molecule has 0 bridgehead atoms. The first-order valence-corrected chi connectivity index (χ1v) is 6.02. The lowest BCUT2D eigenvalue weighted by Gasteiger charge is -2.10. The maximum atomic E-state index is 6.04. The molecule has 0 saturated heterocycles. The molecule has 0 atom stereocenters. The summed E-state index contributed by atoms with van der Waals surface area (Å²) in [6.45, 7) is 5.04. The summed E-state index contributed by atoms with van der Waals surface area (Å²) >= 11 is 11.7. The Kier molecular flexibility index (Phi) is 5.27. The monoisotopic (exact) mass is 246 g/mol. The first kappa shape index (κ1) is 12.7. The predicted molar refractivity (Wildman–Crippen MR) is 66.0 cm³/mol. The van der Waals surface area contributed by atoms with Crippen LogP contribution in [0.25, 0.3) is 0 Å². The first-order chi connectivity index (χ1) is 7.13. The minimum atomic E-state index is 0.478. The number of ether oxygens (including phenoxy) is 1. The Hall–Kier alpha value is -0.400. The van der Waals surface area contributed by atoms with Gasteiger partial charge in [-0.25, -0.2) is 0 Å². The average Bonchev–Trinajstić information content (AvgIpc) is 2.20. The van der Waals surface area contributed by atoms with E-state index in [0.717, 1.165) is 17.7 Å². The van der Waals surface area contributed by atoms with E-state index in [9.17, 15) is 0 Å². The van der Waals surface area contributed by atoms with Gasteiger partial charge in [0.05, 0.1) is 11.6 Å². The molecule has 1 rings (SSSR count). The minimum absolute atomic E-state index is 0.478. The molecule has 15 heavy (non-hydrogen) atoms. The molecule has 0 aliphatic heterocycles. The molecule has 1 aromatic rings. The van der Waals surface area contributed by atoms with E-state index in [1.807, 2.05) is 18.2 Å². The summed E-state index contributed by atoms with van der Waals surface area (Å²) in [5.74, 6) is 1.86. The minimum Gasteiger partial charge on any atom is -0.492 e. The molecule has 0 N–H and O–H groups in total. The van der Waals surface area contributed by atoms with E-state index in [1.54, 1.807) is 0 Å². The molecule has 84 valence electrons. The van der Waals surface area contributed by atoms with Crippen molar-refractivity contribution >= 4 is 23.2 Å². The molecule has 0 radical (unpaired) electrons. The zero-order valence-electron chi connectivity index (χ0n) is 9.09. The van der Waals surface area contributed by atoms with Crippen molar-refractivity contribution in [2.24, 2.45) is 5.92 Å². The van der Waals surface area contributed by atoms with Gasteiger partial charge in [-0.3, -0.25) is 0 Å². The van der Waals surface area contributed by atoms with Gasteiger partial charge in [0.1, 0.15) is 5.75 Å². The van der Waals surface area contributed by atoms with E-state index in [4.69, 9.17) is 27.9 Å². The molecule has 0 aliphatic carbocycles. The summed E-state index contributed by atoms with van der Waals surface area (Å²) in [4.78, 5) is 0. The molecule has 3 heteroatoms. The third-order valence-electron chi connectivity index (χ3n) is 2.10. The Morgan fingerprint density at radius 2 is 2.07 bits per heavy atom. The van der Waals surface area contributed by atoms with Crippen LogP contribution in [0.5, 0.6) is 5.75 Å². The normalized spacial score (nSPS) is 10.7. The molecule has 0 heterocycles. The Morgan fingerprint density at radius 1 is 1.33 bits per heavy atom. The van der Waals surface area contributed by atoms with Gasteiger partial charge >= 0.3 is 0 Å². The van der Waals surface area contributed by atoms with E-state index in [1.165, 1.54) is 0 Å². The summed E-state index contributed by atoms with van der Waals surface area (Å²) in [5, 5.41) is 0.636. The topological polar surface area (TPSA) is 9.23 Å². The van der Waals surface area contributed by atoms with Crippen molar-refractivity contribution in [1.82, 2.24) is 0 Å². The SMILES string of the molecule is CC(C)CCOc1ccc(CCl)cc1Cl. The zero-order chi connectivity index (χ0) is 11.3. The van der Waals surface area contributed by atoms with Crippen molar-refractivity contribution in [1.29, 1.82) is 0 Å². The number of rotatable bonds is 5.